The molecule has 1 heterocycles. The largest absolute Gasteiger partial charge is 0.488 e. The Hall–Kier alpha value is -2.67. The Morgan fingerprint density at radius 3 is 2.84 bits per heavy atom. The summed E-state index contributed by atoms with van der Waals surface area (Å²) in [5.74, 6) is 1.25. The number of nitrogen functional groups attached to an aromatic ring is 1. The molecule has 0 amide bonds. The number of benzene rings is 1. The van der Waals surface area contributed by atoms with Gasteiger partial charge in [0.2, 0.25) is 0 Å². The van der Waals surface area contributed by atoms with Crippen molar-refractivity contribution in [3.63, 3.8) is 0 Å². The molecule has 0 spiro atoms. The van der Waals surface area contributed by atoms with E-state index in [1.807, 2.05) is 13.0 Å². The summed E-state index contributed by atoms with van der Waals surface area (Å²) in [6, 6.07) is 6.89. The first kappa shape index (κ1) is 17.2. The van der Waals surface area contributed by atoms with E-state index in [1.165, 1.54) is 6.33 Å². The van der Waals surface area contributed by atoms with E-state index in [-0.39, 0.29) is 24.0 Å². The molecule has 132 valence electrons. The lowest BCUT2D eigenvalue weighted by atomic mass is 10.0. The zero-order valence-corrected chi connectivity index (χ0v) is 14.4. The van der Waals surface area contributed by atoms with E-state index in [1.54, 1.807) is 18.2 Å². The van der Waals surface area contributed by atoms with E-state index in [0.717, 1.165) is 12.8 Å². The Morgan fingerprint density at radius 1 is 1.40 bits per heavy atom. The van der Waals surface area contributed by atoms with Crippen LogP contribution in [0.1, 0.15) is 37.9 Å². The average Bonchev–Trinajstić information content (AvgIpc) is 3.33. The molecule has 1 aliphatic carbocycles. The number of nitrogens with two attached hydrogens (primary N) is 1. The van der Waals surface area contributed by atoms with Crippen LogP contribution in [0.25, 0.3) is 0 Å². The lowest BCUT2D eigenvalue weighted by molar-refractivity contribution is 0.200. The zero-order valence-electron chi connectivity index (χ0n) is 14.4. The van der Waals surface area contributed by atoms with Crippen molar-refractivity contribution in [2.75, 3.05) is 17.7 Å². The monoisotopic (exact) mass is 341 g/mol. The lowest BCUT2D eigenvalue weighted by Crippen LogP contribution is -2.20. The number of rotatable bonds is 7. The highest BCUT2D eigenvalue weighted by molar-refractivity contribution is 6.13. The normalized spacial score (nSPS) is 16.1. The molecule has 1 fully saturated rings. The molecule has 1 aliphatic rings. The fourth-order valence-electron chi connectivity index (χ4n) is 2.39. The minimum absolute atomic E-state index is 0.0120. The average molecular weight is 341 g/mol. The smallest absolute Gasteiger partial charge is 0.130 e. The summed E-state index contributed by atoms with van der Waals surface area (Å²) in [6.45, 7) is 3.89. The number of aromatic nitrogens is 2. The maximum absolute atomic E-state index is 9.14. The molecule has 25 heavy (non-hydrogen) atoms. The van der Waals surface area contributed by atoms with E-state index in [4.69, 9.17) is 21.0 Å². The maximum atomic E-state index is 9.14. The zero-order chi connectivity index (χ0) is 18.0. The molecule has 5 N–H and O–H groups in total. The second kappa shape index (κ2) is 6.68. The van der Waals surface area contributed by atoms with E-state index in [2.05, 4.69) is 22.2 Å². The first-order chi connectivity index (χ1) is 11.9. The molecule has 1 aromatic heterocycles. The summed E-state index contributed by atoms with van der Waals surface area (Å²) in [5.41, 5.74) is 7.68. The second-order valence-electron chi connectivity index (χ2n) is 6.69. The van der Waals surface area contributed by atoms with E-state index in [0.29, 0.717) is 28.5 Å². The van der Waals surface area contributed by atoms with Gasteiger partial charge in [-0.15, -0.1) is 0 Å². The summed E-state index contributed by atoms with van der Waals surface area (Å²) in [6.07, 6.45) is 3.46. The van der Waals surface area contributed by atoms with Crippen molar-refractivity contribution in [3.05, 3.63) is 41.9 Å². The third kappa shape index (κ3) is 4.06. The van der Waals surface area contributed by atoms with Crippen LogP contribution < -0.4 is 15.8 Å². The molecule has 0 bridgehead atoms. The van der Waals surface area contributed by atoms with Crippen LogP contribution in [0, 0.1) is 5.41 Å². The van der Waals surface area contributed by atoms with Crippen molar-refractivity contribution < 1.29 is 9.84 Å². The standard InChI is InChI=1S/C18H23N5O2/c1-11(9-24)23-16-8-15(21-10-22-16)17(20)13-7-12(3-4-14(13)19)25-18(2)5-6-18/h3-4,7-8,10-11,20,24H,5-6,9,19H2,1-2H3,(H,21,22,23)/t11-/m0/s1. The Labute approximate surface area is 146 Å². The summed E-state index contributed by atoms with van der Waals surface area (Å²) in [5, 5.41) is 20.7. The molecule has 0 aliphatic heterocycles. The van der Waals surface area contributed by atoms with Crippen molar-refractivity contribution in [1.29, 1.82) is 5.41 Å². The highest BCUT2D eigenvalue weighted by Gasteiger charge is 2.40. The van der Waals surface area contributed by atoms with Gasteiger partial charge in [0.1, 0.15) is 23.5 Å². The second-order valence-corrected chi connectivity index (χ2v) is 6.69. The Bertz CT molecular complexity index is 789. The summed E-state index contributed by atoms with van der Waals surface area (Å²) in [4.78, 5) is 8.29. The Balaban J connectivity index is 1.85. The van der Waals surface area contributed by atoms with Crippen LogP contribution in [0.4, 0.5) is 11.5 Å². The van der Waals surface area contributed by atoms with Crippen LogP contribution in [0.5, 0.6) is 5.75 Å². The van der Waals surface area contributed by atoms with Gasteiger partial charge in [-0.25, -0.2) is 9.97 Å². The molecule has 2 aromatic rings. The summed E-state index contributed by atoms with van der Waals surface area (Å²) < 4.78 is 5.96. The van der Waals surface area contributed by atoms with Crippen LogP contribution in [-0.2, 0) is 0 Å². The number of hydrogen-bond acceptors (Lipinski definition) is 7. The molecule has 0 radical (unpaired) electrons. The topological polar surface area (TPSA) is 117 Å². The number of nitrogens with one attached hydrogen (secondary N) is 2. The quantitative estimate of drug-likeness (QED) is 0.453. The van der Waals surface area contributed by atoms with E-state index >= 15 is 0 Å². The molecule has 1 aromatic carbocycles. The fraction of sp³-hybridized carbons (Fsp3) is 0.389. The SMILES string of the molecule is C[C@@H](CO)Nc1cc(C(=N)c2cc(OC3(C)CC3)ccc2N)ncn1. The van der Waals surface area contributed by atoms with Crippen molar-refractivity contribution in [1.82, 2.24) is 9.97 Å². The van der Waals surface area contributed by atoms with Gasteiger partial charge < -0.3 is 20.9 Å². The fourth-order valence-corrected chi connectivity index (χ4v) is 2.39. The van der Waals surface area contributed by atoms with Crippen LogP contribution in [-0.4, -0.2) is 39.0 Å². The predicted octanol–water partition coefficient (Wildman–Crippen LogP) is 2.20. The van der Waals surface area contributed by atoms with Crippen molar-refractivity contribution >= 4 is 17.2 Å². The van der Waals surface area contributed by atoms with E-state index < -0.39 is 0 Å². The van der Waals surface area contributed by atoms with Crippen LogP contribution in [0.3, 0.4) is 0 Å². The van der Waals surface area contributed by atoms with Crippen LogP contribution >= 0.6 is 0 Å². The van der Waals surface area contributed by atoms with E-state index in [9.17, 15) is 0 Å². The number of ether oxygens (including phenoxy) is 1. The lowest BCUT2D eigenvalue weighted by Gasteiger charge is -2.16. The van der Waals surface area contributed by atoms with Gasteiger partial charge in [-0.05, 0) is 44.9 Å². The Kier molecular flexibility index (Phi) is 4.59. The number of nitrogens with zero attached hydrogens (tertiary/aromatic N) is 2. The van der Waals surface area contributed by atoms with Gasteiger partial charge >= 0.3 is 0 Å². The van der Waals surface area contributed by atoms with Crippen LogP contribution in [0.15, 0.2) is 30.6 Å². The Morgan fingerprint density at radius 2 is 2.16 bits per heavy atom. The third-order valence-corrected chi connectivity index (χ3v) is 4.20. The molecule has 7 heteroatoms. The molecule has 0 unspecified atom stereocenters. The molecular weight excluding hydrogens is 318 g/mol. The minimum Gasteiger partial charge on any atom is -0.488 e. The molecule has 7 nitrogen and oxygen atoms in total. The van der Waals surface area contributed by atoms with Gasteiger partial charge in [0.25, 0.3) is 0 Å². The van der Waals surface area contributed by atoms with Crippen LogP contribution in [0.2, 0.25) is 0 Å². The van der Waals surface area contributed by atoms with Gasteiger partial charge in [0, 0.05) is 23.4 Å². The third-order valence-electron chi connectivity index (χ3n) is 4.20. The van der Waals surface area contributed by atoms with Gasteiger partial charge in [-0.1, -0.05) is 0 Å². The molecule has 1 saturated carbocycles. The highest BCUT2D eigenvalue weighted by atomic mass is 16.5. The number of aliphatic hydroxyl groups excluding tert-OH is 1. The van der Waals surface area contributed by atoms with Gasteiger partial charge in [-0.2, -0.15) is 0 Å². The first-order valence-corrected chi connectivity index (χ1v) is 8.27. The summed E-state index contributed by atoms with van der Waals surface area (Å²) >= 11 is 0. The molecule has 3 rings (SSSR count). The van der Waals surface area contributed by atoms with Crippen molar-refractivity contribution in [3.8, 4) is 5.75 Å². The molecule has 0 saturated heterocycles. The number of aliphatic hydroxyl groups is 1. The molecule has 1 atom stereocenters. The highest BCUT2D eigenvalue weighted by Crippen LogP contribution is 2.40. The van der Waals surface area contributed by atoms with Gasteiger partial charge in [0.15, 0.2) is 0 Å². The summed E-state index contributed by atoms with van der Waals surface area (Å²) in [7, 11) is 0. The maximum Gasteiger partial charge on any atom is 0.130 e. The number of anilines is 2. The first-order valence-electron chi connectivity index (χ1n) is 8.27. The van der Waals surface area contributed by atoms with Gasteiger partial charge in [-0.3, -0.25) is 5.41 Å². The number of hydrogen-bond donors (Lipinski definition) is 4. The molecular formula is C18H23N5O2. The van der Waals surface area contributed by atoms with Crippen molar-refractivity contribution in [2.45, 2.75) is 38.3 Å². The van der Waals surface area contributed by atoms with Crippen molar-refractivity contribution in [2.24, 2.45) is 0 Å². The predicted molar refractivity (Wildman–Crippen MR) is 97.3 cm³/mol. The minimum atomic E-state index is -0.141. The van der Waals surface area contributed by atoms with Gasteiger partial charge in [0.05, 0.1) is 18.0 Å².